The first kappa shape index (κ1) is 15.9. The Labute approximate surface area is 138 Å². The summed E-state index contributed by atoms with van der Waals surface area (Å²) in [6, 6.07) is 11.2. The van der Waals surface area contributed by atoms with Crippen LogP contribution >= 0.6 is 27.5 Å². The molecule has 21 heavy (non-hydrogen) atoms. The van der Waals surface area contributed by atoms with Gasteiger partial charge < -0.3 is 10.2 Å². The van der Waals surface area contributed by atoms with Crippen LogP contribution in [0.4, 0.5) is 11.4 Å². The molecule has 0 radical (unpaired) electrons. The number of aryl methyl sites for hydroxylation is 1. The van der Waals surface area contributed by atoms with Crippen molar-refractivity contribution in [3.8, 4) is 0 Å². The highest BCUT2D eigenvalue weighted by Gasteiger charge is 2.13. The molecule has 0 unspecified atom stereocenters. The lowest BCUT2D eigenvalue weighted by Gasteiger charge is -2.16. The molecule has 0 aliphatic carbocycles. The number of carbonyl (C=O) groups excluding carboxylic acids is 1. The van der Waals surface area contributed by atoms with Gasteiger partial charge >= 0.3 is 0 Å². The molecule has 0 atom stereocenters. The van der Waals surface area contributed by atoms with Gasteiger partial charge in [-0.3, -0.25) is 4.79 Å². The van der Waals surface area contributed by atoms with Gasteiger partial charge in [0.1, 0.15) is 0 Å². The zero-order valence-electron chi connectivity index (χ0n) is 12.1. The van der Waals surface area contributed by atoms with Gasteiger partial charge in [0.05, 0.1) is 10.6 Å². The second kappa shape index (κ2) is 6.50. The van der Waals surface area contributed by atoms with Crippen LogP contribution in [-0.4, -0.2) is 20.0 Å². The highest BCUT2D eigenvalue weighted by molar-refractivity contribution is 9.10. The van der Waals surface area contributed by atoms with Gasteiger partial charge in [0.2, 0.25) is 0 Å². The summed E-state index contributed by atoms with van der Waals surface area (Å²) < 4.78 is 0.705. The largest absolute Gasteiger partial charge is 0.378 e. The number of nitrogens with zero attached hydrogens (tertiary/aromatic N) is 1. The minimum atomic E-state index is -0.220. The third kappa shape index (κ3) is 3.57. The molecule has 2 aromatic carbocycles. The van der Waals surface area contributed by atoms with Crippen molar-refractivity contribution in [2.75, 3.05) is 24.3 Å². The third-order valence-electron chi connectivity index (χ3n) is 3.17. The summed E-state index contributed by atoms with van der Waals surface area (Å²) in [4.78, 5) is 14.3. The number of benzene rings is 2. The average Bonchev–Trinajstić information content (AvgIpc) is 2.43. The molecule has 0 saturated heterocycles. The number of halogens is 2. The Hall–Kier alpha value is -1.52. The maximum atomic E-state index is 12.3. The molecule has 0 spiro atoms. The predicted octanol–water partition coefficient (Wildman–Crippen LogP) is 4.73. The lowest BCUT2D eigenvalue weighted by molar-refractivity contribution is 0.102. The van der Waals surface area contributed by atoms with E-state index in [0.29, 0.717) is 15.1 Å². The van der Waals surface area contributed by atoms with Crippen LogP contribution in [0.15, 0.2) is 40.9 Å². The van der Waals surface area contributed by atoms with Gasteiger partial charge in [-0.25, -0.2) is 0 Å². The SMILES string of the molecule is Cc1cc(N(C)C)ccc1NC(=O)c1cccc(Br)c1Cl. The van der Waals surface area contributed by atoms with Crippen LogP contribution in [0.1, 0.15) is 15.9 Å². The minimum absolute atomic E-state index is 0.220. The monoisotopic (exact) mass is 366 g/mol. The molecule has 2 rings (SSSR count). The van der Waals surface area contributed by atoms with E-state index in [4.69, 9.17) is 11.6 Å². The van der Waals surface area contributed by atoms with Gasteiger partial charge in [0.15, 0.2) is 0 Å². The Balaban J connectivity index is 2.26. The first-order valence-electron chi connectivity index (χ1n) is 6.43. The van der Waals surface area contributed by atoms with E-state index in [1.165, 1.54) is 0 Å². The zero-order chi connectivity index (χ0) is 15.6. The molecule has 1 amide bonds. The molecule has 0 aliphatic rings. The molecular weight excluding hydrogens is 352 g/mol. The Bertz CT molecular complexity index is 686. The summed E-state index contributed by atoms with van der Waals surface area (Å²) in [5.74, 6) is -0.220. The van der Waals surface area contributed by atoms with Gasteiger partial charge in [-0.15, -0.1) is 0 Å². The fraction of sp³-hybridized carbons (Fsp3) is 0.188. The van der Waals surface area contributed by atoms with Crippen molar-refractivity contribution in [3.63, 3.8) is 0 Å². The molecule has 3 nitrogen and oxygen atoms in total. The molecule has 5 heteroatoms. The van der Waals surface area contributed by atoms with Crippen molar-refractivity contribution < 1.29 is 4.79 Å². The van der Waals surface area contributed by atoms with E-state index in [0.717, 1.165) is 16.9 Å². The van der Waals surface area contributed by atoms with Crippen molar-refractivity contribution in [3.05, 3.63) is 57.0 Å². The lowest BCUT2D eigenvalue weighted by atomic mass is 10.1. The molecule has 110 valence electrons. The molecular formula is C16H16BrClN2O. The average molecular weight is 368 g/mol. The van der Waals surface area contributed by atoms with Crippen molar-refractivity contribution in [2.45, 2.75) is 6.92 Å². The second-order valence-corrected chi connectivity index (χ2v) is 6.18. The molecule has 0 heterocycles. The van der Waals surface area contributed by atoms with Crippen molar-refractivity contribution in [2.24, 2.45) is 0 Å². The van der Waals surface area contributed by atoms with Crippen molar-refractivity contribution in [1.82, 2.24) is 0 Å². The fourth-order valence-corrected chi connectivity index (χ4v) is 2.51. The number of nitrogens with one attached hydrogen (secondary N) is 1. The quantitative estimate of drug-likeness (QED) is 0.850. The first-order valence-corrected chi connectivity index (χ1v) is 7.60. The van der Waals surface area contributed by atoms with Gasteiger partial charge in [0, 0.05) is 29.9 Å². The molecule has 0 bridgehead atoms. The minimum Gasteiger partial charge on any atom is -0.378 e. The Morgan fingerprint density at radius 2 is 1.95 bits per heavy atom. The summed E-state index contributed by atoms with van der Waals surface area (Å²) in [6.07, 6.45) is 0. The van der Waals surface area contributed by atoms with Crippen LogP contribution in [0.25, 0.3) is 0 Å². The second-order valence-electron chi connectivity index (χ2n) is 4.95. The standard InChI is InChI=1S/C16H16BrClN2O/c1-10-9-11(20(2)3)7-8-14(10)19-16(21)12-5-4-6-13(17)15(12)18/h4-9H,1-3H3,(H,19,21). The highest BCUT2D eigenvalue weighted by Crippen LogP contribution is 2.27. The van der Waals surface area contributed by atoms with E-state index in [2.05, 4.69) is 21.2 Å². The Kier molecular flexibility index (Phi) is 4.91. The number of carbonyl (C=O) groups is 1. The predicted molar refractivity (Wildman–Crippen MR) is 92.6 cm³/mol. The number of anilines is 2. The summed E-state index contributed by atoms with van der Waals surface area (Å²) in [7, 11) is 3.96. The van der Waals surface area contributed by atoms with E-state index < -0.39 is 0 Å². The van der Waals surface area contributed by atoms with E-state index in [9.17, 15) is 4.79 Å². The third-order valence-corrected chi connectivity index (χ3v) is 4.47. The van der Waals surface area contributed by atoms with Crippen molar-refractivity contribution >= 4 is 44.8 Å². The van der Waals surface area contributed by atoms with E-state index in [-0.39, 0.29) is 5.91 Å². The Morgan fingerprint density at radius 1 is 1.24 bits per heavy atom. The number of hydrogen-bond donors (Lipinski definition) is 1. The van der Waals surface area contributed by atoms with E-state index in [1.54, 1.807) is 18.2 Å². The smallest absolute Gasteiger partial charge is 0.257 e. The van der Waals surface area contributed by atoms with Gasteiger partial charge in [-0.1, -0.05) is 17.7 Å². The molecule has 1 N–H and O–H groups in total. The van der Waals surface area contributed by atoms with E-state index in [1.807, 2.05) is 44.1 Å². The fourth-order valence-electron chi connectivity index (χ4n) is 1.94. The van der Waals surface area contributed by atoms with Gasteiger partial charge in [0.25, 0.3) is 5.91 Å². The van der Waals surface area contributed by atoms with Gasteiger partial charge in [-0.05, 0) is 58.7 Å². The number of hydrogen-bond acceptors (Lipinski definition) is 2. The maximum Gasteiger partial charge on any atom is 0.257 e. The molecule has 0 aliphatic heterocycles. The summed E-state index contributed by atoms with van der Waals surface area (Å²) in [5, 5.41) is 3.31. The topological polar surface area (TPSA) is 32.3 Å². The maximum absolute atomic E-state index is 12.3. The van der Waals surface area contributed by atoms with Crippen LogP contribution < -0.4 is 10.2 Å². The normalized spacial score (nSPS) is 10.3. The first-order chi connectivity index (χ1) is 9.90. The summed E-state index contributed by atoms with van der Waals surface area (Å²) in [6.45, 7) is 1.96. The van der Waals surface area contributed by atoms with Crippen LogP contribution in [0.5, 0.6) is 0 Å². The Morgan fingerprint density at radius 3 is 2.57 bits per heavy atom. The van der Waals surface area contributed by atoms with E-state index >= 15 is 0 Å². The summed E-state index contributed by atoms with van der Waals surface area (Å²) in [5.41, 5.74) is 3.32. The zero-order valence-corrected chi connectivity index (χ0v) is 14.4. The van der Waals surface area contributed by atoms with Gasteiger partial charge in [-0.2, -0.15) is 0 Å². The number of rotatable bonds is 3. The molecule has 0 fully saturated rings. The molecule has 0 saturated carbocycles. The molecule has 2 aromatic rings. The summed E-state index contributed by atoms with van der Waals surface area (Å²) >= 11 is 9.47. The van der Waals surface area contributed by atoms with Crippen LogP contribution in [0.2, 0.25) is 5.02 Å². The van der Waals surface area contributed by atoms with Crippen LogP contribution in [0, 0.1) is 6.92 Å². The highest BCUT2D eigenvalue weighted by atomic mass is 79.9. The van der Waals surface area contributed by atoms with Crippen LogP contribution in [-0.2, 0) is 0 Å². The van der Waals surface area contributed by atoms with Crippen molar-refractivity contribution in [1.29, 1.82) is 0 Å². The number of amides is 1. The molecule has 0 aromatic heterocycles. The lowest BCUT2D eigenvalue weighted by Crippen LogP contribution is -2.14. The van der Waals surface area contributed by atoms with Crippen LogP contribution in [0.3, 0.4) is 0 Å².